The lowest BCUT2D eigenvalue weighted by atomic mass is 10.0. The lowest BCUT2D eigenvalue weighted by Crippen LogP contribution is -2.45. The molecule has 398 valence electrons. The first-order valence-electron chi connectivity index (χ1n) is 30.4. The monoisotopic (exact) mass is 946 g/mol. The molecule has 3 N–H and O–H groups in total. The van der Waals surface area contributed by atoms with Gasteiger partial charge in [0.1, 0.15) is 0 Å². The van der Waals surface area contributed by atoms with Crippen molar-refractivity contribution in [1.82, 2.24) is 5.32 Å². The van der Waals surface area contributed by atoms with Gasteiger partial charge in [-0.3, -0.25) is 9.59 Å². The molecule has 0 radical (unpaired) electrons. The van der Waals surface area contributed by atoms with Crippen LogP contribution >= 0.6 is 0 Å². The first kappa shape index (κ1) is 65.6. The van der Waals surface area contributed by atoms with E-state index in [4.69, 9.17) is 4.74 Å². The molecule has 0 bridgehead atoms. The lowest BCUT2D eigenvalue weighted by molar-refractivity contribution is -0.143. The number of carbonyl (C=O) groups is 2. The third-order valence-electron chi connectivity index (χ3n) is 14.3. The van der Waals surface area contributed by atoms with Gasteiger partial charge in [-0.1, -0.05) is 289 Å². The molecule has 0 spiro atoms. The summed E-state index contributed by atoms with van der Waals surface area (Å²) in [6, 6.07) is -0.554. The van der Waals surface area contributed by atoms with Crippen molar-refractivity contribution < 1.29 is 24.5 Å². The number of aliphatic hydroxyl groups excluding tert-OH is 2. The van der Waals surface area contributed by atoms with E-state index in [1.54, 1.807) is 0 Å². The molecular weight excluding hydrogens is 827 g/mol. The van der Waals surface area contributed by atoms with Crippen molar-refractivity contribution in [2.45, 2.75) is 353 Å². The summed E-state index contributed by atoms with van der Waals surface area (Å²) in [5.41, 5.74) is 0. The Hall–Kier alpha value is -1.40. The van der Waals surface area contributed by atoms with Crippen LogP contribution in [-0.4, -0.2) is 47.4 Å². The summed E-state index contributed by atoms with van der Waals surface area (Å²) < 4.78 is 5.45. The quantitative estimate of drug-likeness (QED) is 0.0321. The highest BCUT2D eigenvalue weighted by molar-refractivity contribution is 5.76. The minimum Gasteiger partial charge on any atom is -0.466 e. The average molecular weight is 947 g/mol. The van der Waals surface area contributed by atoms with Gasteiger partial charge in [0.2, 0.25) is 5.91 Å². The van der Waals surface area contributed by atoms with Crippen LogP contribution in [0.4, 0.5) is 0 Å². The lowest BCUT2D eigenvalue weighted by Gasteiger charge is -2.22. The molecule has 2 atom stereocenters. The van der Waals surface area contributed by atoms with Crippen molar-refractivity contribution in [1.29, 1.82) is 0 Å². The van der Waals surface area contributed by atoms with Gasteiger partial charge in [0, 0.05) is 12.8 Å². The maximum absolute atomic E-state index is 12.5. The third-order valence-corrected chi connectivity index (χ3v) is 14.3. The first-order valence-corrected chi connectivity index (χ1v) is 30.4. The van der Waals surface area contributed by atoms with Crippen molar-refractivity contribution in [3.63, 3.8) is 0 Å². The van der Waals surface area contributed by atoms with E-state index < -0.39 is 12.1 Å². The van der Waals surface area contributed by atoms with E-state index in [1.165, 1.54) is 244 Å². The van der Waals surface area contributed by atoms with Crippen LogP contribution in [0.3, 0.4) is 0 Å². The van der Waals surface area contributed by atoms with Crippen molar-refractivity contribution in [3.05, 3.63) is 12.2 Å². The number of hydrogen-bond donors (Lipinski definition) is 3. The summed E-state index contributed by atoms with van der Waals surface area (Å²) in [6.07, 6.45) is 67.8. The molecule has 0 fully saturated rings. The van der Waals surface area contributed by atoms with Crippen LogP contribution in [0.1, 0.15) is 341 Å². The molecule has 0 heterocycles. The molecule has 0 rings (SSSR count). The second kappa shape index (κ2) is 57.2. The van der Waals surface area contributed by atoms with Crippen LogP contribution in [0.25, 0.3) is 0 Å². The molecule has 67 heavy (non-hydrogen) atoms. The standard InChI is InChI=1S/C61H119NO5/c1-3-5-7-9-11-13-15-16-17-18-19-20-21-22-23-24-27-30-34-37-41-45-49-53-59(64)58(57-63)62-60(65)54-50-46-42-38-35-31-28-25-26-29-32-36-40-44-48-52-56-67-61(66)55-51-47-43-39-33-14-12-10-8-6-4-2/h25,28,58-59,63-64H,3-24,26-27,29-57H2,1-2H3,(H,62,65)/b28-25-. The average Bonchev–Trinajstić information content (AvgIpc) is 3.33. The fraction of sp³-hybridized carbons (Fsp3) is 0.934. The maximum Gasteiger partial charge on any atom is 0.305 e. The van der Waals surface area contributed by atoms with Crippen LogP contribution in [0, 0.1) is 0 Å². The third kappa shape index (κ3) is 53.8. The van der Waals surface area contributed by atoms with Crippen LogP contribution in [0.5, 0.6) is 0 Å². The fourth-order valence-corrected chi connectivity index (χ4v) is 9.64. The molecule has 0 aromatic rings. The molecule has 0 aromatic heterocycles. The van der Waals surface area contributed by atoms with Gasteiger partial charge >= 0.3 is 5.97 Å². The van der Waals surface area contributed by atoms with Gasteiger partial charge in [-0.05, 0) is 51.4 Å². The van der Waals surface area contributed by atoms with E-state index in [1.807, 2.05) is 0 Å². The molecule has 2 unspecified atom stereocenters. The molecule has 1 amide bonds. The van der Waals surface area contributed by atoms with Crippen LogP contribution in [-0.2, 0) is 14.3 Å². The number of carbonyl (C=O) groups excluding carboxylic acids is 2. The Kier molecular flexibility index (Phi) is 56.0. The zero-order valence-electron chi connectivity index (χ0n) is 45.4. The van der Waals surface area contributed by atoms with Crippen molar-refractivity contribution >= 4 is 11.9 Å². The number of allylic oxidation sites excluding steroid dienone is 2. The zero-order valence-corrected chi connectivity index (χ0v) is 45.4. The SMILES string of the molecule is CCCCCCCCCCCCCCCCCCCCCCCCCC(O)C(CO)NC(=O)CCCCCCC/C=C\CCCCCCCCCOC(=O)CCCCCCCCCCCCC. The molecule has 6 nitrogen and oxygen atoms in total. The molecule has 0 saturated carbocycles. The van der Waals surface area contributed by atoms with E-state index in [-0.39, 0.29) is 18.5 Å². The van der Waals surface area contributed by atoms with Gasteiger partial charge in [-0.25, -0.2) is 0 Å². The number of aliphatic hydroxyl groups is 2. The summed E-state index contributed by atoms with van der Waals surface area (Å²) in [5, 5.41) is 23.4. The van der Waals surface area contributed by atoms with E-state index >= 15 is 0 Å². The van der Waals surface area contributed by atoms with Crippen LogP contribution < -0.4 is 5.32 Å². The predicted octanol–water partition coefficient (Wildman–Crippen LogP) is 18.9. The van der Waals surface area contributed by atoms with Gasteiger partial charge < -0.3 is 20.3 Å². The topological polar surface area (TPSA) is 95.9 Å². The summed E-state index contributed by atoms with van der Waals surface area (Å²) in [6.45, 7) is 4.95. The Morgan fingerprint density at radius 1 is 0.403 bits per heavy atom. The van der Waals surface area contributed by atoms with Crippen molar-refractivity contribution in [3.8, 4) is 0 Å². The van der Waals surface area contributed by atoms with Crippen molar-refractivity contribution in [2.75, 3.05) is 13.2 Å². The minimum atomic E-state index is -0.675. The molecule has 0 saturated heterocycles. The van der Waals surface area contributed by atoms with Crippen LogP contribution in [0.2, 0.25) is 0 Å². The Morgan fingerprint density at radius 2 is 0.701 bits per heavy atom. The highest BCUT2D eigenvalue weighted by Crippen LogP contribution is 2.18. The minimum absolute atomic E-state index is 0.00217. The molecule has 0 aliphatic carbocycles. The Bertz CT molecular complexity index is 1000. The van der Waals surface area contributed by atoms with E-state index in [2.05, 4.69) is 31.3 Å². The summed E-state index contributed by atoms with van der Waals surface area (Å²) in [7, 11) is 0. The van der Waals surface area contributed by atoms with E-state index in [0.717, 1.165) is 64.2 Å². The second-order valence-electron chi connectivity index (χ2n) is 21.0. The molecule has 0 aliphatic rings. The highest BCUT2D eigenvalue weighted by Gasteiger charge is 2.20. The smallest absolute Gasteiger partial charge is 0.305 e. The molecule has 0 aliphatic heterocycles. The normalized spacial score (nSPS) is 12.6. The van der Waals surface area contributed by atoms with Gasteiger partial charge in [0.05, 0.1) is 25.4 Å². The summed E-state index contributed by atoms with van der Waals surface area (Å²) >= 11 is 0. The number of unbranched alkanes of at least 4 members (excludes halogenated alkanes) is 44. The number of hydrogen-bond acceptors (Lipinski definition) is 5. The molecular formula is C61H119NO5. The fourth-order valence-electron chi connectivity index (χ4n) is 9.64. The van der Waals surface area contributed by atoms with Crippen molar-refractivity contribution in [2.24, 2.45) is 0 Å². The van der Waals surface area contributed by atoms with Gasteiger partial charge in [0.25, 0.3) is 0 Å². The molecule has 6 heteroatoms. The highest BCUT2D eigenvalue weighted by atomic mass is 16.5. The van der Waals surface area contributed by atoms with Gasteiger partial charge in [-0.2, -0.15) is 0 Å². The Morgan fingerprint density at radius 3 is 1.06 bits per heavy atom. The summed E-state index contributed by atoms with van der Waals surface area (Å²) in [5.74, 6) is -0.0503. The second-order valence-corrected chi connectivity index (χ2v) is 21.0. The zero-order chi connectivity index (χ0) is 48.6. The number of rotatable bonds is 57. The van der Waals surface area contributed by atoms with E-state index in [9.17, 15) is 19.8 Å². The Balaban J connectivity index is 3.46. The largest absolute Gasteiger partial charge is 0.466 e. The number of esters is 1. The van der Waals surface area contributed by atoms with Crippen LogP contribution in [0.15, 0.2) is 12.2 Å². The predicted molar refractivity (Wildman–Crippen MR) is 292 cm³/mol. The Labute approximate surface area is 419 Å². The molecule has 0 aromatic carbocycles. The first-order chi connectivity index (χ1) is 33.0. The maximum atomic E-state index is 12.5. The number of nitrogens with one attached hydrogen (secondary N) is 1. The number of amides is 1. The van der Waals surface area contributed by atoms with Gasteiger partial charge in [0.15, 0.2) is 0 Å². The summed E-state index contributed by atoms with van der Waals surface area (Å²) in [4.78, 5) is 24.5. The van der Waals surface area contributed by atoms with E-state index in [0.29, 0.717) is 25.9 Å². The number of ether oxygens (including phenoxy) is 1. The van der Waals surface area contributed by atoms with Gasteiger partial charge in [-0.15, -0.1) is 0 Å².